The average molecular weight is 264 g/mol. The van der Waals surface area contributed by atoms with Crippen LogP contribution in [-0.4, -0.2) is 54.7 Å². The van der Waals surface area contributed by atoms with Crippen molar-refractivity contribution in [3.05, 3.63) is 18.5 Å². The highest BCUT2D eigenvalue weighted by Gasteiger charge is 2.17. The van der Waals surface area contributed by atoms with Crippen LogP contribution in [0.2, 0.25) is 0 Å². The first-order valence-corrected chi connectivity index (χ1v) is 5.48. The predicted molar refractivity (Wildman–Crippen MR) is 61.9 cm³/mol. The van der Waals surface area contributed by atoms with Gasteiger partial charge in [-0.3, -0.25) is 4.79 Å². The van der Waals surface area contributed by atoms with Crippen LogP contribution >= 0.6 is 0 Å². The van der Waals surface area contributed by atoms with Crippen LogP contribution in [0.4, 0.5) is 0 Å². The van der Waals surface area contributed by atoms with E-state index in [1.54, 1.807) is 6.07 Å². The zero-order valence-electron chi connectivity index (χ0n) is 10.2. The molecule has 1 N–H and O–H groups in total. The molecule has 0 saturated heterocycles. The summed E-state index contributed by atoms with van der Waals surface area (Å²) >= 11 is 0. The minimum Gasteiger partial charge on any atom is -0.481 e. The summed E-state index contributed by atoms with van der Waals surface area (Å²) in [6.07, 6.45) is 2.43. The highest BCUT2D eigenvalue weighted by atomic mass is 16.5. The smallest absolute Gasteiger partial charge is 0.306 e. The van der Waals surface area contributed by atoms with Gasteiger partial charge in [-0.25, -0.2) is 4.68 Å². The highest BCUT2D eigenvalue weighted by Crippen LogP contribution is 2.14. The van der Waals surface area contributed by atoms with Crippen molar-refractivity contribution in [2.75, 3.05) is 7.11 Å². The van der Waals surface area contributed by atoms with Crippen molar-refractivity contribution >= 4 is 5.97 Å². The second kappa shape index (κ2) is 5.96. The van der Waals surface area contributed by atoms with E-state index in [-0.39, 0.29) is 13.0 Å². The topological polar surface area (TPSA) is 116 Å². The summed E-state index contributed by atoms with van der Waals surface area (Å²) in [7, 11) is 1.45. The van der Waals surface area contributed by atoms with Crippen molar-refractivity contribution in [2.24, 2.45) is 0 Å². The fourth-order valence-corrected chi connectivity index (χ4v) is 1.57. The van der Waals surface area contributed by atoms with Gasteiger partial charge in [0.05, 0.1) is 31.5 Å². The van der Waals surface area contributed by atoms with Crippen LogP contribution in [0.1, 0.15) is 6.42 Å². The SMILES string of the molecule is COC(CC(=O)O)Cn1nnnc1-c1ccnnc1. The minimum atomic E-state index is -0.938. The van der Waals surface area contributed by atoms with Crippen molar-refractivity contribution in [1.29, 1.82) is 0 Å². The molecule has 0 aromatic carbocycles. The molecule has 1 atom stereocenters. The number of hydrogen-bond acceptors (Lipinski definition) is 7. The molecule has 9 heteroatoms. The molecule has 0 aliphatic rings. The molecule has 0 amide bonds. The molecule has 1 unspecified atom stereocenters. The van der Waals surface area contributed by atoms with Gasteiger partial charge in [0, 0.05) is 12.7 Å². The van der Waals surface area contributed by atoms with Crippen LogP contribution < -0.4 is 0 Å². The van der Waals surface area contributed by atoms with Gasteiger partial charge in [0.1, 0.15) is 0 Å². The standard InChI is InChI=1S/C10H12N6O3/c1-19-8(4-9(17)18)6-16-10(13-14-15-16)7-2-3-11-12-5-7/h2-3,5,8H,4,6H2,1H3,(H,17,18). The molecule has 0 spiro atoms. The van der Waals surface area contributed by atoms with Gasteiger partial charge in [0.15, 0.2) is 5.82 Å². The summed E-state index contributed by atoms with van der Waals surface area (Å²) in [5, 5.41) is 27.5. The minimum absolute atomic E-state index is 0.121. The third-order valence-electron chi connectivity index (χ3n) is 2.49. The largest absolute Gasteiger partial charge is 0.481 e. The predicted octanol–water partition coefficient (Wildman–Crippen LogP) is -0.380. The van der Waals surface area contributed by atoms with E-state index in [1.165, 1.54) is 24.2 Å². The van der Waals surface area contributed by atoms with Crippen molar-refractivity contribution in [3.8, 4) is 11.4 Å². The van der Waals surface area contributed by atoms with E-state index in [0.29, 0.717) is 11.4 Å². The summed E-state index contributed by atoms with van der Waals surface area (Å²) in [6.45, 7) is 0.244. The molecular formula is C10H12N6O3. The van der Waals surface area contributed by atoms with Gasteiger partial charge in [-0.1, -0.05) is 0 Å². The van der Waals surface area contributed by atoms with Crippen molar-refractivity contribution in [2.45, 2.75) is 19.1 Å². The average Bonchev–Trinajstić information content (AvgIpc) is 2.86. The number of tetrazole rings is 1. The Bertz CT molecular complexity index is 543. The van der Waals surface area contributed by atoms with Crippen molar-refractivity contribution in [3.63, 3.8) is 0 Å². The maximum absolute atomic E-state index is 10.7. The molecule has 0 radical (unpaired) electrons. The van der Waals surface area contributed by atoms with Gasteiger partial charge >= 0.3 is 5.97 Å². The summed E-state index contributed by atoms with van der Waals surface area (Å²) in [4.78, 5) is 10.7. The second-order valence-electron chi connectivity index (χ2n) is 3.77. The lowest BCUT2D eigenvalue weighted by Crippen LogP contribution is -2.23. The molecule has 100 valence electrons. The molecule has 9 nitrogen and oxygen atoms in total. The Kier molecular flexibility index (Phi) is 4.08. The normalized spacial score (nSPS) is 12.3. The summed E-state index contributed by atoms with van der Waals surface area (Å²) in [6, 6.07) is 1.72. The fraction of sp³-hybridized carbons (Fsp3) is 0.400. The lowest BCUT2D eigenvalue weighted by molar-refractivity contribution is -0.139. The zero-order valence-corrected chi connectivity index (χ0v) is 10.2. The lowest BCUT2D eigenvalue weighted by atomic mass is 10.2. The van der Waals surface area contributed by atoms with Crippen LogP contribution in [0, 0.1) is 0 Å². The molecule has 2 aromatic rings. The van der Waals surface area contributed by atoms with E-state index in [4.69, 9.17) is 9.84 Å². The summed E-state index contributed by atoms with van der Waals surface area (Å²) in [5.74, 6) is -0.450. The monoisotopic (exact) mass is 264 g/mol. The van der Waals surface area contributed by atoms with Gasteiger partial charge in [-0.2, -0.15) is 10.2 Å². The lowest BCUT2D eigenvalue weighted by Gasteiger charge is -2.13. The van der Waals surface area contributed by atoms with Crippen LogP contribution in [0.25, 0.3) is 11.4 Å². The number of hydrogen-bond donors (Lipinski definition) is 1. The van der Waals surface area contributed by atoms with Crippen molar-refractivity contribution in [1.82, 2.24) is 30.4 Å². The number of methoxy groups -OCH3 is 1. The Labute approximate surface area is 108 Å². The van der Waals surface area contributed by atoms with E-state index in [2.05, 4.69) is 25.7 Å². The van der Waals surface area contributed by atoms with E-state index >= 15 is 0 Å². The Morgan fingerprint density at radius 1 is 1.53 bits per heavy atom. The third kappa shape index (κ3) is 3.28. The quantitative estimate of drug-likeness (QED) is 0.750. The van der Waals surface area contributed by atoms with E-state index < -0.39 is 12.1 Å². The van der Waals surface area contributed by atoms with Gasteiger partial charge in [-0.15, -0.1) is 5.10 Å². The van der Waals surface area contributed by atoms with Crippen LogP contribution in [0.15, 0.2) is 18.5 Å². The molecule has 2 aromatic heterocycles. The first-order valence-electron chi connectivity index (χ1n) is 5.48. The number of carbonyl (C=O) groups is 1. The number of aliphatic carboxylic acids is 1. The number of ether oxygens (including phenoxy) is 1. The van der Waals surface area contributed by atoms with E-state index in [0.717, 1.165) is 0 Å². The van der Waals surface area contributed by atoms with Gasteiger partial charge in [0.25, 0.3) is 0 Å². The number of rotatable bonds is 6. The second-order valence-corrected chi connectivity index (χ2v) is 3.77. The van der Waals surface area contributed by atoms with Gasteiger partial charge < -0.3 is 9.84 Å². The number of carboxylic acid groups (broad SMARTS) is 1. The first kappa shape index (κ1) is 13.0. The molecule has 0 aliphatic heterocycles. The fourth-order valence-electron chi connectivity index (χ4n) is 1.57. The Morgan fingerprint density at radius 2 is 2.37 bits per heavy atom. The Morgan fingerprint density at radius 3 is 3.00 bits per heavy atom. The summed E-state index contributed by atoms with van der Waals surface area (Å²) < 4.78 is 6.58. The Balaban J connectivity index is 2.18. The maximum Gasteiger partial charge on any atom is 0.306 e. The Hall–Kier alpha value is -2.42. The highest BCUT2D eigenvalue weighted by molar-refractivity contribution is 5.67. The van der Waals surface area contributed by atoms with Gasteiger partial charge in [0.2, 0.25) is 0 Å². The molecule has 0 saturated carbocycles. The van der Waals surface area contributed by atoms with Gasteiger partial charge in [-0.05, 0) is 16.5 Å². The molecule has 2 rings (SSSR count). The summed E-state index contributed by atoms with van der Waals surface area (Å²) in [5.41, 5.74) is 0.699. The maximum atomic E-state index is 10.7. The van der Waals surface area contributed by atoms with Crippen LogP contribution in [-0.2, 0) is 16.1 Å². The number of aromatic nitrogens is 6. The number of carboxylic acids is 1. The molecular weight excluding hydrogens is 252 g/mol. The third-order valence-corrected chi connectivity index (χ3v) is 2.49. The van der Waals surface area contributed by atoms with Crippen LogP contribution in [0.5, 0.6) is 0 Å². The zero-order chi connectivity index (χ0) is 13.7. The van der Waals surface area contributed by atoms with E-state index in [9.17, 15) is 4.79 Å². The van der Waals surface area contributed by atoms with E-state index in [1.807, 2.05) is 0 Å². The molecule has 19 heavy (non-hydrogen) atoms. The number of nitrogens with zero attached hydrogens (tertiary/aromatic N) is 6. The van der Waals surface area contributed by atoms with Crippen LogP contribution in [0.3, 0.4) is 0 Å². The molecule has 0 bridgehead atoms. The first-order chi connectivity index (χ1) is 9.20. The molecule has 0 aliphatic carbocycles. The molecule has 0 fully saturated rings. The van der Waals surface area contributed by atoms with Crippen molar-refractivity contribution < 1.29 is 14.6 Å². The molecule has 2 heterocycles.